The number of halogens is 1. The second-order valence-corrected chi connectivity index (χ2v) is 5.00. The van der Waals surface area contributed by atoms with E-state index in [0.29, 0.717) is 0 Å². The maximum absolute atomic E-state index is 9.81. The van der Waals surface area contributed by atoms with Crippen LogP contribution in [0, 0.1) is 0 Å². The van der Waals surface area contributed by atoms with Crippen molar-refractivity contribution in [2.45, 2.75) is 37.7 Å². The zero-order chi connectivity index (χ0) is 11.5. The van der Waals surface area contributed by atoms with E-state index in [9.17, 15) is 5.11 Å². The Morgan fingerprint density at radius 2 is 2.00 bits per heavy atom. The number of rotatable bonds is 2. The van der Waals surface area contributed by atoms with Crippen LogP contribution < -0.4 is 0 Å². The number of hydrogen-bond donors (Lipinski definition) is 1. The topological polar surface area (TPSA) is 20.2 Å². The van der Waals surface area contributed by atoms with Crippen LogP contribution in [0.4, 0.5) is 0 Å². The van der Waals surface area contributed by atoms with Gasteiger partial charge in [0.1, 0.15) is 0 Å². The minimum Gasteiger partial charge on any atom is -0.389 e. The summed E-state index contributed by atoms with van der Waals surface area (Å²) in [5, 5.41) is 9.99. The van der Waals surface area contributed by atoms with Gasteiger partial charge in [0.2, 0.25) is 0 Å². The quantitative estimate of drug-likeness (QED) is 0.778. The first-order chi connectivity index (χ1) is 7.68. The van der Waals surface area contributed by atoms with Crippen molar-refractivity contribution < 1.29 is 5.11 Å². The first-order valence-corrected chi connectivity index (χ1v) is 6.21. The molecule has 16 heavy (non-hydrogen) atoms. The number of alkyl halides is 1. The van der Waals surface area contributed by atoms with Gasteiger partial charge in [0, 0.05) is 5.38 Å². The Kier molecular flexibility index (Phi) is 3.67. The zero-order valence-corrected chi connectivity index (χ0v) is 10.2. The predicted molar refractivity (Wildman–Crippen MR) is 68.5 cm³/mol. The molecule has 0 heterocycles. The fourth-order valence-corrected chi connectivity index (χ4v) is 2.59. The highest BCUT2D eigenvalue weighted by atomic mass is 35.5. The normalized spacial score (nSPS) is 23.3. The average molecular weight is 237 g/mol. The third-order valence-electron chi connectivity index (χ3n) is 3.16. The number of aliphatic hydroxyl groups is 1. The average Bonchev–Trinajstić information content (AvgIpc) is 2.30. The highest BCUT2D eigenvalue weighted by Gasteiger charge is 2.22. The lowest BCUT2D eigenvalue weighted by molar-refractivity contribution is 0.225. The van der Waals surface area contributed by atoms with Gasteiger partial charge in [-0.1, -0.05) is 30.3 Å². The van der Waals surface area contributed by atoms with Crippen LogP contribution in [0.5, 0.6) is 0 Å². The summed E-state index contributed by atoms with van der Waals surface area (Å²) in [7, 11) is 0. The van der Waals surface area contributed by atoms with E-state index in [-0.39, 0.29) is 5.38 Å². The van der Waals surface area contributed by atoms with Gasteiger partial charge in [0.05, 0.1) is 6.10 Å². The molecule has 0 aliphatic heterocycles. The SMILES string of the molecule is CC(O)C1=C(c2ccccc2)CCC(Cl)C1. The number of allylic oxidation sites excluding steroid dienone is 1. The molecule has 1 aromatic rings. The number of aliphatic hydroxyl groups excluding tert-OH is 1. The Bertz CT molecular complexity index is 381. The number of hydrogen-bond acceptors (Lipinski definition) is 1. The van der Waals surface area contributed by atoms with Crippen molar-refractivity contribution in [3.8, 4) is 0 Å². The lowest BCUT2D eigenvalue weighted by atomic mass is 9.85. The number of benzene rings is 1. The maximum Gasteiger partial charge on any atom is 0.0728 e. The summed E-state index contributed by atoms with van der Waals surface area (Å²) in [4.78, 5) is 0. The van der Waals surface area contributed by atoms with E-state index in [1.54, 1.807) is 0 Å². The largest absolute Gasteiger partial charge is 0.389 e. The summed E-state index contributed by atoms with van der Waals surface area (Å²) < 4.78 is 0. The molecular formula is C14H17ClO. The van der Waals surface area contributed by atoms with Crippen LogP contribution in [0.15, 0.2) is 35.9 Å². The van der Waals surface area contributed by atoms with Crippen molar-refractivity contribution in [1.82, 2.24) is 0 Å². The smallest absolute Gasteiger partial charge is 0.0728 e. The molecular weight excluding hydrogens is 220 g/mol. The fraction of sp³-hybridized carbons (Fsp3) is 0.429. The Hall–Kier alpha value is -0.790. The van der Waals surface area contributed by atoms with Crippen molar-refractivity contribution in [1.29, 1.82) is 0 Å². The Labute approximate surface area is 102 Å². The molecule has 86 valence electrons. The van der Waals surface area contributed by atoms with Gasteiger partial charge in [-0.25, -0.2) is 0 Å². The van der Waals surface area contributed by atoms with Crippen LogP contribution in [-0.4, -0.2) is 16.6 Å². The highest BCUT2D eigenvalue weighted by molar-refractivity contribution is 6.21. The van der Waals surface area contributed by atoms with Crippen LogP contribution in [0.1, 0.15) is 31.7 Å². The molecule has 1 N–H and O–H groups in total. The van der Waals surface area contributed by atoms with Crippen LogP contribution >= 0.6 is 11.6 Å². The molecule has 0 amide bonds. The van der Waals surface area contributed by atoms with Gasteiger partial charge in [0.15, 0.2) is 0 Å². The molecule has 2 rings (SSSR count). The fourth-order valence-electron chi connectivity index (χ4n) is 2.32. The van der Waals surface area contributed by atoms with Crippen molar-refractivity contribution in [2.75, 3.05) is 0 Å². The molecule has 0 saturated heterocycles. The maximum atomic E-state index is 9.81. The van der Waals surface area contributed by atoms with Crippen LogP contribution in [0.25, 0.3) is 5.57 Å². The predicted octanol–water partition coefficient (Wildman–Crippen LogP) is 3.61. The molecule has 2 atom stereocenters. The van der Waals surface area contributed by atoms with Gasteiger partial charge in [-0.3, -0.25) is 0 Å². The Morgan fingerprint density at radius 3 is 2.62 bits per heavy atom. The summed E-state index contributed by atoms with van der Waals surface area (Å²) in [6.07, 6.45) is 2.39. The lowest BCUT2D eigenvalue weighted by Crippen LogP contribution is -2.17. The Balaban J connectivity index is 2.39. The van der Waals surface area contributed by atoms with Crippen molar-refractivity contribution in [3.05, 3.63) is 41.5 Å². The molecule has 1 aromatic carbocycles. The summed E-state index contributed by atoms with van der Waals surface area (Å²) in [5.41, 5.74) is 3.62. The third kappa shape index (κ3) is 2.47. The molecule has 0 spiro atoms. The second kappa shape index (κ2) is 5.03. The van der Waals surface area contributed by atoms with E-state index in [4.69, 9.17) is 11.6 Å². The van der Waals surface area contributed by atoms with Crippen LogP contribution in [-0.2, 0) is 0 Å². The van der Waals surface area contributed by atoms with Gasteiger partial charge in [-0.15, -0.1) is 11.6 Å². The van der Waals surface area contributed by atoms with Crippen LogP contribution in [0.3, 0.4) is 0 Å². The molecule has 2 heteroatoms. The van der Waals surface area contributed by atoms with E-state index in [2.05, 4.69) is 12.1 Å². The zero-order valence-electron chi connectivity index (χ0n) is 9.49. The summed E-state index contributed by atoms with van der Waals surface area (Å²) >= 11 is 6.16. The van der Waals surface area contributed by atoms with Crippen LogP contribution in [0.2, 0.25) is 0 Å². The molecule has 0 aromatic heterocycles. The molecule has 1 aliphatic rings. The standard InChI is InChI=1S/C14H17ClO/c1-10(16)14-9-12(15)7-8-13(14)11-5-3-2-4-6-11/h2-6,10,12,16H,7-9H2,1H3. The molecule has 1 nitrogen and oxygen atoms in total. The monoisotopic (exact) mass is 236 g/mol. The molecule has 1 aliphatic carbocycles. The van der Waals surface area contributed by atoms with Crippen molar-refractivity contribution >= 4 is 17.2 Å². The minimum absolute atomic E-state index is 0.178. The van der Waals surface area contributed by atoms with E-state index in [1.165, 1.54) is 11.1 Å². The Morgan fingerprint density at radius 1 is 1.31 bits per heavy atom. The minimum atomic E-state index is -0.392. The summed E-state index contributed by atoms with van der Waals surface area (Å²) in [6.45, 7) is 1.83. The van der Waals surface area contributed by atoms with E-state index < -0.39 is 6.10 Å². The summed E-state index contributed by atoms with van der Waals surface area (Å²) in [5.74, 6) is 0. The lowest BCUT2D eigenvalue weighted by Gasteiger charge is -2.26. The third-order valence-corrected chi connectivity index (χ3v) is 3.54. The van der Waals surface area contributed by atoms with Gasteiger partial charge < -0.3 is 5.11 Å². The van der Waals surface area contributed by atoms with Gasteiger partial charge in [-0.05, 0) is 42.9 Å². The van der Waals surface area contributed by atoms with E-state index in [1.807, 2.05) is 25.1 Å². The summed E-state index contributed by atoms with van der Waals surface area (Å²) in [6, 6.07) is 10.3. The first-order valence-electron chi connectivity index (χ1n) is 5.78. The van der Waals surface area contributed by atoms with Gasteiger partial charge >= 0.3 is 0 Å². The van der Waals surface area contributed by atoms with Crippen molar-refractivity contribution in [2.24, 2.45) is 0 Å². The molecule has 0 saturated carbocycles. The molecule has 0 bridgehead atoms. The molecule has 0 radical (unpaired) electrons. The van der Waals surface area contributed by atoms with E-state index >= 15 is 0 Å². The van der Waals surface area contributed by atoms with Crippen molar-refractivity contribution in [3.63, 3.8) is 0 Å². The highest BCUT2D eigenvalue weighted by Crippen LogP contribution is 2.35. The van der Waals surface area contributed by atoms with Gasteiger partial charge in [-0.2, -0.15) is 0 Å². The molecule has 0 fully saturated rings. The second-order valence-electron chi connectivity index (χ2n) is 4.39. The molecule has 2 unspecified atom stereocenters. The van der Waals surface area contributed by atoms with E-state index in [0.717, 1.165) is 24.8 Å². The first kappa shape index (κ1) is 11.7. The van der Waals surface area contributed by atoms with Gasteiger partial charge in [0.25, 0.3) is 0 Å².